The van der Waals surface area contributed by atoms with Crippen molar-refractivity contribution in [1.29, 1.82) is 0 Å². The van der Waals surface area contributed by atoms with E-state index in [2.05, 4.69) is 31.3 Å². The van der Waals surface area contributed by atoms with E-state index in [1.54, 1.807) is 24.1 Å². The number of nitrogens with one attached hydrogen (secondary N) is 1. The lowest BCUT2D eigenvalue weighted by atomic mass is 10.0. The van der Waals surface area contributed by atoms with Crippen molar-refractivity contribution >= 4 is 18.1 Å². The average molecular weight is 560 g/mol. The third kappa shape index (κ3) is 11.9. The number of piperidine rings is 1. The molecule has 0 radical (unpaired) electrons. The first-order valence-corrected chi connectivity index (χ1v) is 14.4. The summed E-state index contributed by atoms with van der Waals surface area (Å²) in [5.41, 5.74) is 0.256. The molecule has 1 N–H and O–H groups in total. The zero-order valence-electron chi connectivity index (χ0n) is 25.5. The highest BCUT2D eigenvalue weighted by Gasteiger charge is 2.31. The summed E-state index contributed by atoms with van der Waals surface area (Å²) in [4.78, 5) is 41.1. The SMILES string of the molecule is COc1cc(CNC(=O)CCCC/C=C/C(C)C)ccc1OC(=O)N1CCCCC1CN(C)C(=O)OC(C)(C)C. The van der Waals surface area contributed by atoms with Gasteiger partial charge in [0.1, 0.15) is 5.60 Å². The fraction of sp³-hybridized carbons (Fsp3) is 0.645. The summed E-state index contributed by atoms with van der Waals surface area (Å²) in [6.07, 6.45) is 9.37. The van der Waals surface area contributed by atoms with Crippen molar-refractivity contribution in [2.75, 3.05) is 27.2 Å². The zero-order valence-corrected chi connectivity index (χ0v) is 25.5. The van der Waals surface area contributed by atoms with Crippen LogP contribution in [0, 0.1) is 5.92 Å². The number of likely N-dealkylation sites (tertiary alicyclic amines) is 1. The van der Waals surface area contributed by atoms with Crippen LogP contribution in [0.2, 0.25) is 0 Å². The fourth-order valence-corrected chi connectivity index (χ4v) is 4.43. The van der Waals surface area contributed by atoms with E-state index in [0.29, 0.717) is 43.5 Å². The van der Waals surface area contributed by atoms with E-state index >= 15 is 0 Å². The van der Waals surface area contributed by atoms with Gasteiger partial charge >= 0.3 is 12.2 Å². The molecule has 1 aliphatic rings. The molecule has 1 fully saturated rings. The molecular formula is C31H49N3O6. The van der Waals surface area contributed by atoms with Crippen LogP contribution in [0.15, 0.2) is 30.4 Å². The molecule has 1 aliphatic heterocycles. The van der Waals surface area contributed by atoms with E-state index in [0.717, 1.165) is 44.1 Å². The van der Waals surface area contributed by atoms with Gasteiger partial charge in [-0.15, -0.1) is 0 Å². The second-order valence-corrected chi connectivity index (χ2v) is 11.8. The molecule has 1 aromatic rings. The first kappa shape index (κ1) is 33.0. The summed E-state index contributed by atoms with van der Waals surface area (Å²) in [6.45, 7) is 11.0. The number of allylic oxidation sites excluding steroid dienone is 2. The van der Waals surface area contributed by atoms with E-state index in [1.807, 2.05) is 26.8 Å². The Morgan fingerprint density at radius 2 is 1.90 bits per heavy atom. The highest BCUT2D eigenvalue weighted by Crippen LogP contribution is 2.30. The molecule has 3 amide bonds. The molecule has 2 rings (SSSR count). The molecule has 0 aromatic heterocycles. The van der Waals surface area contributed by atoms with Gasteiger partial charge in [0.25, 0.3) is 0 Å². The summed E-state index contributed by atoms with van der Waals surface area (Å²) in [5, 5.41) is 2.95. The predicted octanol–water partition coefficient (Wildman–Crippen LogP) is 6.30. The minimum absolute atomic E-state index is 0.00907. The fourth-order valence-electron chi connectivity index (χ4n) is 4.43. The van der Waals surface area contributed by atoms with Crippen molar-refractivity contribution in [3.05, 3.63) is 35.9 Å². The van der Waals surface area contributed by atoms with Crippen molar-refractivity contribution in [3.63, 3.8) is 0 Å². The van der Waals surface area contributed by atoms with E-state index in [4.69, 9.17) is 14.2 Å². The maximum atomic E-state index is 13.2. The standard InChI is InChI=1S/C31H49N3O6/c1-23(2)14-10-8-9-11-16-28(35)32-21-24-17-18-26(27(20-24)38-7)39-30(37)34-19-13-12-15-25(34)22-33(6)29(36)40-31(3,4)5/h10,14,17-18,20,23,25H,8-9,11-13,15-16,19,21-22H2,1-7H3,(H,32,35)/b14-10+. The van der Waals surface area contributed by atoms with Crippen LogP contribution in [0.25, 0.3) is 0 Å². The molecular weight excluding hydrogens is 510 g/mol. The van der Waals surface area contributed by atoms with Crippen molar-refractivity contribution in [2.45, 2.75) is 97.8 Å². The monoisotopic (exact) mass is 559 g/mol. The van der Waals surface area contributed by atoms with Gasteiger partial charge < -0.3 is 29.3 Å². The number of hydrogen-bond acceptors (Lipinski definition) is 6. The van der Waals surface area contributed by atoms with Crippen molar-refractivity contribution in [1.82, 2.24) is 15.1 Å². The minimum Gasteiger partial charge on any atom is -0.493 e. The molecule has 0 bridgehead atoms. The largest absolute Gasteiger partial charge is 0.493 e. The number of carbonyl (C=O) groups excluding carboxylic acids is 3. The zero-order chi connectivity index (χ0) is 29.7. The highest BCUT2D eigenvalue weighted by atomic mass is 16.6. The molecule has 40 heavy (non-hydrogen) atoms. The number of rotatable bonds is 12. The van der Waals surface area contributed by atoms with Gasteiger partial charge in [-0.1, -0.05) is 32.1 Å². The summed E-state index contributed by atoms with van der Waals surface area (Å²) < 4.78 is 16.7. The molecule has 9 heteroatoms. The molecule has 224 valence electrons. The molecule has 1 aromatic carbocycles. The lowest BCUT2D eigenvalue weighted by Gasteiger charge is -2.37. The van der Waals surface area contributed by atoms with Crippen LogP contribution in [0.5, 0.6) is 11.5 Å². The van der Waals surface area contributed by atoms with E-state index in [1.165, 1.54) is 12.0 Å². The molecule has 1 unspecified atom stereocenters. The van der Waals surface area contributed by atoms with Gasteiger partial charge in [0.05, 0.1) is 13.2 Å². The predicted molar refractivity (Wildman–Crippen MR) is 157 cm³/mol. The minimum atomic E-state index is -0.591. The summed E-state index contributed by atoms with van der Waals surface area (Å²) in [5.74, 6) is 1.28. The second kappa shape index (κ2) is 16.1. The molecule has 9 nitrogen and oxygen atoms in total. The molecule has 1 heterocycles. The Labute approximate surface area is 240 Å². The van der Waals surface area contributed by atoms with Crippen molar-refractivity contribution in [3.8, 4) is 11.5 Å². The number of methoxy groups -OCH3 is 1. The van der Waals surface area contributed by atoms with E-state index < -0.39 is 17.8 Å². The van der Waals surface area contributed by atoms with Gasteiger partial charge in [-0.2, -0.15) is 0 Å². The Morgan fingerprint density at radius 1 is 1.15 bits per heavy atom. The van der Waals surface area contributed by atoms with Gasteiger partial charge in [0.15, 0.2) is 11.5 Å². The normalized spacial score (nSPS) is 15.7. The quantitative estimate of drug-likeness (QED) is 0.238. The Balaban J connectivity index is 1.91. The highest BCUT2D eigenvalue weighted by molar-refractivity contribution is 5.76. The number of nitrogens with zero attached hydrogens (tertiary/aromatic N) is 2. The molecule has 0 spiro atoms. The second-order valence-electron chi connectivity index (χ2n) is 11.8. The first-order chi connectivity index (χ1) is 18.9. The average Bonchev–Trinajstić information content (AvgIpc) is 2.89. The van der Waals surface area contributed by atoms with Crippen LogP contribution in [-0.4, -0.2) is 66.8 Å². The Morgan fingerprint density at radius 3 is 2.58 bits per heavy atom. The summed E-state index contributed by atoms with van der Waals surface area (Å²) in [7, 11) is 3.19. The van der Waals surface area contributed by atoms with Crippen LogP contribution in [0.1, 0.15) is 85.1 Å². The number of benzene rings is 1. The van der Waals surface area contributed by atoms with Crippen molar-refractivity contribution in [2.24, 2.45) is 5.92 Å². The van der Waals surface area contributed by atoms with Gasteiger partial charge in [-0.05, 0) is 82.9 Å². The smallest absolute Gasteiger partial charge is 0.415 e. The maximum Gasteiger partial charge on any atom is 0.415 e. The number of ether oxygens (including phenoxy) is 3. The summed E-state index contributed by atoms with van der Waals surface area (Å²) in [6, 6.07) is 5.09. The summed E-state index contributed by atoms with van der Waals surface area (Å²) >= 11 is 0. The van der Waals surface area contributed by atoms with Crippen LogP contribution in [0.3, 0.4) is 0 Å². The first-order valence-electron chi connectivity index (χ1n) is 14.4. The van der Waals surface area contributed by atoms with Crippen LogP contribution >= 0.6 is 0 Å². The Bertz CT molecular complexity index is 1000. The molecule has 1 saturated heterocycles. The Hall–Kier alpha value is -3.23. The maximum absolute atomic E-state index is 13.2. The van der Waals surface area contributed by atoms with Crippen LogP contribution in [0.4, 0.5) is 9.59 Å². The van der Waals surface area contributed by atoms with Crippen LogP contribution < -0.4 is 14.8 Å². The van der Waals surface area contributed by atoms with E-state index in [9.17, 15) is 14.4 Å². The van der Waals surface area contributed by atoms with Gasteiger partial charge in [0, 0.05) is 33.1 Å². The number of carbonyl (C=O) groups is 3. The topological polar surface area (TPSA) is 97.4 Å². The van der Waals surface area contributed by atoms with Gasteiger partial charge in [0.2, 0.25) is 5.91 Å². The number of amides is 3. The van der Waals surface area contributed by atoms with E-state index in [-0.39, 0.29) is 11.9 Å². The third-order valence-corrected chi connectivity index (χ3v) is 6.51. The third-order valence-electron chi connectivity index (χ3n) is 6.51. The molecule has 0 saturated carbocycles. The molecule has 0 aliphatic carbocycles. The van der Waals surface area contributed by atoms with Crippen molar-refractivity contribution < 1.29 is 28.6 Å². The number of unbranched alkanes of at least 4 members (excludes halogenated alkanes) is 2. The molecule has 1 atom stereocenters. The lowest BCUT2D eigenvalue weighted by molar-refractivity contribution is -0.121. The lowest BCUT2D eigenvalue weighted by Crippen LogP contribution is -2.51. The number of hydrogen-bond donors (Lipinski definition) is 1. The Kier molecular flexibility index (Phi) is 13.3. The van der Waals surface area contributed by atoms with Gasteiger partial charge in [-0.25, -0.2) is 9.59 Å². The number of likely N-dealkylation sites (N-methyl/N-ethyl adjacent to an activating group) is 1. The van der Waals surface area contributed by atoms with Crippen LogP contribution in [-0.2, 0) is 16.1 Å². The van der Waals surface area contributed by atoms with Gasteiger partial charge in [-0.3, -0.25) is 4.79 Å².